The first-order chi connectivity index (χ1) is 4.18. The topological polar surface area (TPSA) is 37.3 Å². The Morgan fingerprint density at radius 1 is 1.67 bits per heavy atom. The molecular formula is C6H15O2P. The standard InChI is InChI=1S/C6H15O2P/c1-3-4-5-6(2)9(7)8/h6,9H,3-5H2,1-2H3,(H,7,8). The summed E-state index contributed by atoms with van der Waals surface area (Å²) in [6.07, 6.45) is 3.07. The lowest BCUT2D eigenvalue weighted by molar-refractivity contribution is 0.485. The summed E-state index contributed by atoms with van der Waals surface area (Å²) >= 11 is 0. The van der Waals surface area contributed by atoms with Gasteiger partial charge < -0.3 is 4.89 Å². The van der Waals surface area contributed by atoms with E-state index in [4.69, 9.17) is 4.89 Å². The normalized spacial score (nSPS) is 17.2. The fourth-order valence-electron chi connectivity index (χ4n) is 0.634. The first-order valence-corrected chi connectivity index (χ1v) is 4.84. The summed E-state index contributed by atoms with van der Waals surface area (Å²) < 4.78 is 10.4. The molecule has 1 N–H and O–H groups in total. The fourth-order valence-corrected chi connectivity index (χ4v) is 1.08. The summed E-state index contributed by atoms with van der Waals surface area (Å²) in [6.45, 7) is 3.91. The van der Waals surface area contributed by atoms with Crippen molar-refractivity contribution in [1.82, 2.24) is 0 Å². The van der Waals surface area contributed by atoms with Gasteiger partial charge in [0.15, 0.2) is 8.03 Å². The lowest BCUT2D eigenvalue weighted by Crippen LogP contribution is -1.93. The lowest BCUT2D eigenvalue weighted by atomic mass is 10.2. The molecule has 0 saturated heterocycles. The van der Waals surface area contributed by atoms with Crippen LogP contribution in [0.5, 0.6) is 0 Å². The zero-order valence-corrected chi connectivity index (χ0v) is 7.05. The SMILES string of the molecule is CCCCC(C)[PH](=O)O. The van der Waals surface area contributed by atoms with E-state index in [0.717, 1.165) is 19.3 Å². The van der Waals surface area contributed by atoms with Crippen molar-refractivity contribution in [3.05, 3.63) is 0 Å². The van der Waals surface area contributed by atoms with Gasteiger partial charge in [-0.25, -0.2) is 0 Å². The minimum atomic E-state index is -2.23. The molecule has 0 aliphatic heterocycles. The van der Waals surface area contributed by atoms with Crippen molar-refractivity contribution in [1.29, 1.82) is 0 Å². The van der Waals surface area contributed by atoms with Crippen LogP contribution in [0, 0.1) is 0 Å². The van der Waals surface area contributed by atoms with E-state index in [9.17, 15) is 4.57 Å². The van der Waals surface area contributed by atoms with Crippen molar-refractivity contribution in [2.24, 2.45) is 0 Å². The van der Waals surface area contributed by atoms with Crippen molar-refractivity contribution in [3.8, 4) is 0 Å². The molecule has 0 aromatic carbocycles. The maximum atomic E-state index is 10.4. The molecule has 0 spiro atoms. The zero-order valence-electron chi connectivity index (χ0n) is 6.05. The molecule has 56 valence electrons. The molecule has 0 aromatic rings. The fraction of sp³-hybridized carbons (Fsp3) is 1.00. The van der Waals surface area contributed by atoms with Crippen LogP contribution < -0.4 is 0 Å². The number of hydrogen-bond donors (Lipinski definition) is 1. The third kappa shape index (κ3) is 4.68. The number of rotatable bonds is 4. The van der Waals surface area contributed by atoms with Crippen molar-refractivity contribution in [2.75, 3.05) is 0 Å². The van der Waals surface area contributed by atoms with Gasteiger partial charge in [-0.3, -0.25) is 4.57 Å². The third-order valence-electron chi connectivity index (χ3n) is 1.41. The molecule has 0 heterocycles. The van der Waals surface area contributed by atoms with Crippen molar-refractivity contribution in [3.63, 3.8) is 0 Å². The largest absolute Gasteiger partial charge is 0.346 e. The first-order valence-electron chi connectivity index (χ1n) is 3.41. The van der Waals surface area contributed by atoms with E-state index >= 15 is 0 Å². The Bertz CT molecular complexity index is 93.1. The minimum absolute atomic E-state index is 0.0231. The maximum Gasteiger partial charge on any atom is 0.191 e. The van der Waals surface area contributed by atoms with Crippen molar-refractivity contribution < 1.29 is 9.46 Å². The lowest BCUT2D eigenvalue weighted by Gasteiger charge is -2.03. The molecule has 0 rings (SSSR count). The van der Waals surface area contributed by atoms with E-state index in [0.29, 0.717) is 0 Å². The van der Waals surface area contributed by atoms with Gasteiger partial charge in [0.25, 0.3) is 0 Å². The van der Waals surface area contributed by atoms with Gasteiger partial charge in [-0.15, -0.1) is 0 Å². The molecule has 0 fully saturated rings. The molecule has 0 aromatic heterocycles. The molecule has 0 bridgehead atoms. The molecule has 2 nitrogen and oxygen atoms in total. The van der Waals surface area contributed by atoms with E-state index in [1.54, 1.807) is 0 Å². The molecule has 0 aliphatic rings. The molecule has 3 heteroatoms. The molecule has 9 heavy (non-hydrogen) atoms. The van der Waals surface area contributed by atoms with Crippen LogP contribution in [0.1, 0.15) is 33.1 Å². The maximum absolute atomic E-state index is 10.4. The summed E-state index contributed by atoms with van der Waals surface area (Å²) in [4.78, 5) is 8.59. The molecule has 0 saturated carbocycles. The van der Waals surface area contributed by atoms with Crippen LogP contribution in [0.15, 0.2) is 0 Å². The summed E-state index contributed by atoms with van der Waals surface area (Å²) in [6, 6.07) is 0. The van der Waals surface area contributed by atoms with Crippen molar-refractivity contribution >= 4 is 8.03 Å². The highest BCUT2D eigenvalue weighted by atomic mass is 31.1. The second-order valence-electron chi connectivity index (χ2n) is 2.38. The molecule has 0 radical (unpaired) electrons. The van der Waals surface area contributed by atoms with E-state index in [2.05, 4.69) is 6.92 Å². The third-order valence-corrected chi connectivity index (χ3v) is 2.54. The summed E-state index contributed by atoms with van der Waals surface area (Å²) in [7, 11) is -2.23. The monoisotopic (exact) mass is 150 g/mol. The highest BCUT2D eigenvalue weighted by molar-refractivity contribution is 7.38. The summed E-state index contributed by atoms with van der Waals surface area (Å²) in [5, 5.41) is 0. The van der Waals surface area contributed by atoms with E-state index in [-0.39, 0.29) is 5.66 Å². The van der Waals surface area contributed by atoms with Crippen LogP contribution in [-0.4, -0.2) is 10.6 Å². The highest BCUT2D eigenvalue weighted by Crippen LogP contribution is 2.25. The van der Waals surface area contributed by atoms with Crippen LogP contribution in [0.3, 0.4) is 0 Å². The average molecular weight is 150 g/mol. The second-order valence-corrected chi connectivity index (χ2v) is 4.04. The van der Waals surface area contributed by atoms with Gasteiger partial charge in [0.2, 0.25) is 0 Å². The van der Waals surface area contributed by atoms with Gasteiger partial charge in [-0.2, -0.15) is 0 Å². The van der Waals surface area contributed by atoms with E-state index < -0.39 is 8.03 Å². The first kappa shape index (κ1) is 9.19. The predicted molar refractivity (Wildman–Crippen MR) is 40.2 cm³/mol. The molecular weight excluding hydrogens is 135 g/mol. The molecule has 0 aliphatic carbocycles. The molecule has 2 unspecified atom stereocenters. The Morgan fingerprint density at radius 3 is 2.56 bits per heavy atom. The van der Waals surface area contributed by atoms with Gasteiger partial charge in [0.1, 0.15) is 0 Å². The second kappa shape index (κ2) is 5.01. The Kier molecular flexibility index (Phi) is 5.12. The summed E-state index contributed by atoms with van der Waals surface area (Å²) in [5.74, 6) is 0. The van der Waals surface area contributed by atoms with Crippen LogP contribution >= 0.6 is 8.03 Å². The Morgan fingerprint density at radius 2 is 2.22 bits per heavy atom. The zero-order chi connectivity index (χ0) is 7.28. The van der Waals surface area contributed by atoms with Crippen LogP contribution in [0.4, 0.5) is 0 Å². The van der Waals surface area contributed by atoms with Gasteiger partial charge in [-0.05, 0) is 6.42 Å². The van der Waals surface area contributed by atoms with Crippen molar-refractivity contribution in [2.45, 2.75) is 38.8 Å². The summed E-state index contributed by atoms with van der Waals surface area (Å²) in [5.41, 5.74) is 0.0231. The Balaban J connectivity index is 3.27. The molecule has 2 atom stereocenters. The quantitative estimate of drug-likeness (QED) is 0.622. The Labute approximate surface area is 57.1 Å². The number of unbranched alkanes of at least 4 members (excludes halogenated alkanes) is 1. The Hall–Kier alpha value is 0.190. The minimum Gasteiger partial charge on any atom is -0.346 e. The van der Waals surface area contributed by atoms with Gasteiger partial charge in [0.05, 0.1) is 0 Å². The number of hydrogen-bond acceptors (Lipinski definition) is 1. The van der Waals surface area contributed by atoms with Crippen LogP contribution in [0.25, 0.3) is 0 Å². The molecule has 0 amide bonds. The van der Waals surface area contributed by atoms with Gasteiger partial charge in [-0.1, -0.05) is 26.7 Å². The van der Waals surface area contributed by atoms with E-state index in [1.807, 2.05) is 6.92 Å². The van der Waals surface area contributed by atoms with E-state index in [1.165, 1.54) is 0 Å². The van der Waals surface area contributed by atoms with Gasteiger partial charge >= 0.3 is 0 Å². The predicted octanol–water partition coefficient (Wildman–Crippen LogP) is 2.03. The van der Waals surface area contributed by atoms with Crippen LogP contribution in [0.2, 0.25) is 0 Å². The highest BCUT2D eigenvalue weighted by Gasteiger charge is 2.04. The average Bonchev–Trinajstić information content (AvgIpc) is 1.82. The van der Waals surface area contributed by atoms with Crippen LogP contribution in [-0.2, 0) is 4.57 Å². The smallest absolute Gasteiger partial charge is 0.191 e. The van der Waals surface area contributed by atoms with Gasteiger partial charge in [0, 0.05) is 5.66 Å².